The Morgan fingerprint density at radius 2 is 2.04 bits per heavy atom. The molecule has 0 bridgehead atoms. The molecule has 2 aromatic rings. The van der Waals surface area contributed by atoms with Gasteiger partial charge >= 0.3 is 5.97 Å². The summed E-state index contributed by atoms with van der Waals surface area (Å²) >= 11 is 13.5. The number of ether oxygens (including phenoxy) is 1. The zero-order valence-electron chi connectivity index (χ0n) is 13.1. The van der Waals surface area contributed by atoms with Gasteiger partial charge in [0, 0.05) is 9.92 Å². The third-order valence-electron chi connectivity index (χ3n) is 3.64. The number of hydrogen-bond acceptors (Lipinski definition) is 4. The summed E-state index contributed by atoms with van der Waals surface area (Å²) in [5, 5.41) is 0.591. The number of nitrogens with zero attached hydrogens (tertiary/aromatic N) is 1. The third-order valence-corrected chi connectivity index (χ3v) is 5.81. The number of rotatable bonds is 4. The second kappa shape index (κ2) is 7.55. The zero-order chi connectivity index (χ0) is 17.1. The highest BCUT2D eigenvalue weighted by atomic mass is 35.5. The number of thiocarbonyl (C=S) groups is 1. The van der Waals surface area contributed by atoms with Gasteiger partial charge in [-0.3, -0.25) is 4.79 Å². The summed E-state index contributed by atoms with van der Waals surface area (Å²) < 4.78 is 5.10. The minimum Gasteiger partial charge on any atom is -0.465 e. The largest absolute Gasteiger partial charge is 0.465 e. The molecule has 6 heteroatoms. The second-order valence-electron chi connectivity index (χ2n) is 5.25. The van der Waals surface area contributed by atoms with Crippen LogP contribution in [0.25, 0.3) is 0 Å². The topological polar surface area (TPSA) is 29.5 Å². The first-order valence-corrected chi connectivity index (χ1v) is 9.25. The van der Waals surface area contributed by atoms with E-state index < -0.39 is 0 Å². The minimum atomic E-state index is -0.301. The quantitative estimate of drug-likeness (QED) is 0.559. The van der Waals surface area contributed by atoms with E-state index >= 15 is 0 Å². The van der Waals surface area contributed by atoms with Gasteiger partial charge in [-0.15, -0.1) is 11.8 Å². The van der Waals surface area contributed by atoms with Gasteiger partial charge in [0.2, 0.25) is 0 Å². The summed E-state index contributed by atoms with van der Waals surface area (Å²) in [5.41, 5.74) is 1.97. The molecular formula is C18H16ClNO2S2. The lowest BCUT2D eigenvalue weighted by atomic mass is 10.1. The van der Waals surface area contributed by atoms with E-state index in [1.165, 1.54) is 0 Å². The maximum Gasteiger partial charge on any atom is 0.325 e. The monoisotopic (exact) mass is 377 g/mol. The average molecular weight is 378 g/mol. The van der Waals surface area contributed by atoms with Gasteiger partial charge in [0.25, 0.3) is 0 Å². The Hall–Kier alpha value is -1.56. The fourth-order valence-electron chi connectivity index (χ4n) is 2.58. The predicted octanol–water partition coefficient (Wildman–Crippen LogP) is 4.88. The molecule has 3 rings (SSSR count). The molecule has 0 saturated carbocycles. The van der Waals surface area contributed by atoms with Crippen LogP contribution in [0.15, 0.2) is 53.4 Å². The van der Waals surface area contributed by atoms with Crippen molar-refractivity contribution in [3.05, 3.63) is 59.1 Å². The molecule has 1 unspecified atom stereocenters. The van der Waals surface area contributed by atoms with Crippen molar-refractivity contribution in [2.75, 3.05) is 18.1 Å². The lowest BCUT2D eigenvalue weighted by molar-refractivity contribution is -0.141. The highest BCUT2D eigenvalue weighted by molar-refractivity contribution is 8.01. The van der Waals surface area contributed by atoms with Gasteiger partial charge in [0.05, 0.1) is 17.5 Å². The minimum absolute atomic E-state index is 0.0238. The second-order valence-corrected chi connectivity index (χ2v) is 7.25. The van der Waals surface area contributed by atoms with E-state index in [0.29, 0.717) is 16.6 Å². The van der Waals surface area contributed by atoms with Crippen molar-refractivity contribution < 1.29 is 9.53 Å². The average Bonchev–Trinajstić information content (AvgIpc) is 2.58. The van der Waals surface area contributed by atoms with Crippen molar-refractivity contribution in [2.45, 2.75) is 17.1 Å². The van der Waals surface area contributed by atoms with E-state index in [-0.39, 0.29) is 17.8 Å². The summed E-state index contributed by atoms with van der Waals surface area (Å²) in [6.07, 6.45) is 0. The Kier molecular flexibility index (Phi) is 5.43. The van der Waals surface area contributed by atoms with Gasteiger partial charge in [0.1, 0.15) is 11.5 Å². The van der Waals surface area contributed by atoms with Gasteiger partial charge in [-0.2, -0.15) is 0 Å². The van der Waals surface area contributed by atoms with Crippen LogP contribution >= 0.6 is 35.6 Å². The first-order valence-electron chi connectivity index (χ1n) is 7.58. The molecule has 0 spiro atoms. The lowest BCUT2D eigenvalue weighted by Crippen LogP contribution is -2.40. The fourth-order valence-corrected chi connectivity index (χ4v) is 4.40. The normalized spacial score (nSPS) is 16.7. The number of anilines is 1. The van der Waals surface area contributed by atoms with Crippen LogP contribution in [-0.4, -0.2) is 24.1 Å². The SMILES string of the molecule is CCOC(=O)CN1C(=S)C(c2ccccc2)Sc2ccc(Cl)cc21. The number of halogens is 1. The number of carbonyl (C=O) groups excluding carboxylic acids is 1. The number of carbonyl (C=O) groups is 1. The zero-order valence-corrected chi connectivity index (χ0v) is 15.5. The van der Waals surface area contributed by atoms with Crippen molar-refractivity contribution in [3.8, 4) is 0 Å². The Bertz CT molecular complexity index is 767. The van der Waals surface area contributed by atoms with Crippen molar-refractivity contribution in [1.82, 2.24) is 0 Å². The first kappa shape index (κ1) is 17.3. The van der Waals surface area contributed by atoms with Gasteiger partial charge < -0.3 is 9.64 Å². The van der Waals surface area contributed by atoms with Crippen LogP contribution in [0.4, 0.5) is 5.69 Å². The molecule has 1 aliphatic rings. The van der Waals surface area contributed by atoms with Crippen molar-refractivity contribution in [2.24, 2.45) is 0 Å². The Labute approximate surface area is 155 Å². The Morgan fingerprint density at radius 3 is 2.75 bits per heavy atom. The molecule has 24 heavy (non-hydrogen) atoms. The molecule has 1 atom stereocenters. The van der Waals surface area contributed by atoms with Crippen LogP contribution in [-0.2, 0) is 9.53 Å². The van der Waals surface area contributed by atoms with Crippen molar-refractivity contribution in [1.29, 1.82) is 0 Å². The summed E-state index contributed by atoms with van der Waals surface area (Å²) in [6.45, 7) is 2.22. The first-order chi connectivity index (χ1) is 11.6. The lowest BCUT2D eigenvalue weighted by Gasteiger charge is -2.35. The molecule has 1 aliphatic heterocycles. The molecular weight excluding hydrogens is 362 g/mol. The number of esters is 1. The van der Waals surface area contributed by atoms with Crippen LogP contribution in [0.2, 0.25) is 5.02 Å². The number of thioether (sulfide) groups is 1. The van der Waals surface area contributed by atoms with Crippen LogP contribution in [0, 0.1) is 0 Å². The van der Waals surface area contributed by atoms with E-state index in [9.17, 15) is 4.79 Å². The molecule has 3 nitrogen and oxygen atoms in total. The summed E-state index contributed by atoms with van der Waals surface area (Å²) in [4.78, 5) is 15.6. The van der Waals surface area contributed by atoms with E-state index in [0.717, 1.165) is 16.1 Å². The molecule has 1 heterocycles. The third kappa shape index (κ3) is 3.58. The Morgan fingerprint density at radius 1 is 1.29 bits per heavy atom. The fraction of sp³-hybridized carbons (Fsp3) is 0.222. The smallest absolute Gasteiger partial charge is 0.325 e. The Balaban J connectivity index is 1.99. The van der Waals surface area contributed by atoms with E-state index in [1.54, 1.807) is 18.7 Å². The number of fused-ring (bicyclic) bond motifs is 1. The van der Waals surface area contributed by atoms with Gasteiger partial charge in [0.15, 0.2) is 0 Å². The van der Waals surface area contributed by atoms with Gasteiger partial charge in [-0.1, -0.05) is 54.2 Å². The molecule has 0 radical (unpaired) electrons. The standard InChI is InChI=1S/C18H16ClNO2S2/c1-2-22-16(21)11-20-14-10-13(19)8-9-15(14)24-17(18(20)23)12-6-4-3-5-7-12/h3-10,17H,2,11H2,1H3. The van der Waals surface area contributed by atoms with Crippen LogP contribution in [0.3, 0.4) is 0 Å². The molecule has 0 N–H and O–H groups in total. The highest BCUT2D eigenvalue weighted by Crippen LogP contribution is 2.47. The molecule has 0 aromatic heterocycles. The van der Waals surface area contributed by atoms with E-state index in [1.807, 2.05) is 53.4 Å². The van der Waals surface area contributed by atoms with Crippen molar-refractivity contribution in [3.63, 3.8) is 0 Å². The van der Waals surface area contributed by atoms with Crippen LogP contribution in [0.1, 0.15) is 17.7 Å². The predicted molar refractivity (Wildman–Crippen MR) is 103 cm³/mol. The number of hydrogen-bond donors (Lipinski definition) is 0. The molecule has 0 aliphatic carbocycles. The highest BCUT2D eigenvalue weighted by Gasteiger charge is 2.33. The van der Waals surface area contributed by atoms with Gasteiger partial charge in [-0.25, -0.2) is 0 Å². The molecule has 0 amide bonds. The van der Waals surface area contributed by atoms with Crippen LogP contribution < -0.4 is 4.90 Å². The maximum absolute atomic E-state index is 12.0. The molecule has 0 fully saturated rings. The molecule has 2 aromatic carbocycles. The summed E-state index contributed by atoms with van der Waals surface area (Å²) in [7, 11) is 0. The van der Waals surface area contributed by atoms with Gasteiger partial charge in [-0.05, 0) is 30.7 Å². The van der Waals surface area contributed by atoms with E-state index in [4.69, 9.17) is 28.6 Å². The van der Waals surface area contributed by atoms with E-state index in [2.05, 4.69) is 0 Å². The molecule has 124 valence electrons. The maximum atomic E-state index is 12.0. The van der Waals surface area contributed by atoms with Crippen LogP contribution in [0.5, 0.6) is 0 Å². The number of benzene rings is 2. The van der Waals surface area contributed by atoms with Crippen molar-refractivity contribution >= 4 is 52.2 Å². The summed E-state index contributed by atoms with van der Waals surface area (Å²) in [5.74, 6) is -0.301. The molecule has 0 saturated heterocycles. The summed E-state index contributed by atoms with van der Waals surface area (Å²) in [6, 6.07) is 15.7.